The molecular weight excluding hydrogens is 399 g/mol. The number of halogens is 3. The van der Waals surface area contributed by atoms with E-state index in [4.69, 9.17) is 4.52 Å². The summed E-state index contributed by atoms with van der Waals surface area (Å²) in [7, 11) is -4.36. The number of hydrogen-bond donors (Lipinski definition) is 0. The van der Waals surface area contributed by atoms with Crippen molar-refractivity contribution >= 4 is 15.9 Å². The summed E-state index contributed by atoms with van der Waals surface area (Å²) in [6.07, 6.45) is 0.0751. The van der Waals surface area contributed by atoms with Gasteiger partial charge in [-0.25, -0.2) is 21.6 Å². The first-order valence-corrected chi connectivity index (χ1v) is 9.90. The molecule has 0 saturated carbocycles. The molecule has 0 N–H and O–H groups in total. The Bertz CT molecular complexity index is 995. The molecule has 1 fully saturated rings. The Morgan fingerprint density at radius 2 is 1.75 bits per heavy atom. The fourth-order valence-electron chi connectivity index (χ4n) is 3.04. The molecule has 0 aliphatic carbocycles. The number of sulfonamides is 1. The van der Waals surface area contributed by atoms with Crippen molar-refractivity contribution in [2.75, 3.05) is 26.2 Å². The highest BCUT2D eigenvalue weighted by atomic mass is 32.2. The van der Waals surface area contributed by atoms with Gasteiger partial charge in [0.25, 0.3) is 0 Å². The maximum atomic E-state index is 13.9. The van der Waals surface area contributed by atoms with Gasteiger partial charge in [0.05, 0.1) is 12.1 Å². The summed E-state index contributed by atoms with van der Waals surface area (Å²) in [6, 6.07) is 1.26. The van der Waals surface area contributed by atoms with Gasteiger partial charge in [-0.3, -0.25) is 4.79 Å². The normalized spacial score (nSPS) is 15.8. The maximum Gasteiger partial charge on any atom is 0.246 e. The van der Waals surface area contributed by atoms with Gasteiger partial charge >= 0.3 is 0 Å². The number of carbonyl (C=O) groups is 1. The molecule has 0 atom stereocenters. The Morgan fingerprint density at radius 3 is 2.32 bits per heavy atom. The second kappa shape index (κ2) is 7.55. The summed E-state index contributed by atoms with van der Waals surface area (Å²) < 4.78 is 71.5. The van der Waals surface area contributed by atoms with Crippen LogP contribution in [0.2, 0.25) is 0 Å². The zero-order chi connectivity index (χ0) is 20.6. The third kappa shape index (κ3) is 3.63. The number of rotatable bonds is 4. The highest BCUT2D eigenvalue weighted by Crippen LogP contribution is 2.24. The summed E-state index contributed by atoms with van der Waals surface area (Å²) in [5.41, 5.74) is 1.30. The highest BCUT2D eigenvalue weighted by Gasteiger charge is 2.33. The molecule has 1 saturated heterocycles. The van der Waals surface area contributed by atoms with Crippen LogP contribution in [-0.2, 0) is 21.2 Å². The number of aromatic nitrogens is 1. The standard InChI is InChI=1S/C17H18F3N3O4S/c1-10-12(11(2)27-21-10)9-15(24)22-5-7-23(8-6-22)28(25,26)14-4-3-13(18)16(19)17(14)20/h3-4H,5-9H2,1-2H3. The molecule has 0 spiro atoms. The van der Waals surface area contributed by atoms with E-state index in [0.717, 1.165) is 4.31 Å². The van der Waals surface area contributed by atoms with E-state index >= 15 is 0 Å². The van der Waals surface area contributed by atoms with Crippen LogP contribution < -0.4 is 0 Å². The van der Waals surface area contributed by atoms with Gasteiger partial charge in [0.2, 0.25) is 15.9 Å². The lowest BCUT2D eigenvalue weighted by molar-refractivity contribution is -0.131. The fourth-order valence-corrected chi connectivity index (χ4v) is 4.52. The summed E-state index contributed by atoms with van der Waals surface area (Å²) in [6.45, 7) is 3.42. The molecule has 0 bridgehead atoms. The minimum absolute atomic E-state index is 0.0751. The number of carbonyl (C=O) groups excluding carboxylic acids is 1. The SMILES string of the molecule is Cc1noc(C)c1CC(=O)N1CCN(S(=O)(=O)c2ccc(F)c(F)c2F)CC1. The van der Waals surface area contributed by atoms with Gasteiger partial charge in [0, 0.05) is 31.7 Å². The molecule has 1 amide bonds. The van der Waals surface area contributed by atoms with Crippen LogP contribution in [0.15, 0.2) is 21.6 Å². The average molecular weight is 417 g/mol. The van der Waals surface area contributed by atoms with Gasteiger partial charge in [-0.15, -0.1) is 0 Å². The van der Waals surface area contributed by atoms with Crippen LogP contribution >= 0.6 is 0 Å². The van der Waals surface area contributed by atoms with Gasteiger partial charge in [0.1, 0.15) is 10.7 Å². The molecule has 2 aromatic rings. The monoisotopic (exact) mass is 417 g/mol. The molecular formula is C17H18F3N3O4S. The first kappa shape index (κ1) is 20.3. The van der Waals surface area contributed by atoms with Crippen molar-refractivity contribution in [2.45, 2.75) is 25.2 Å². The van der Waals surface area contributed by atoms with E-state index in [1.165, 1.54) is 4.90 Å². The van der Waals surface area contributed by atoms with E-state index in [-0.39, 0.29) is 38.5 Å². The molecule has 1 aromatic carbocycles. The number of nitrogens with zero attached hydrogens (tertiary/aromatic N) is 3. The van der Waals surface area contributed by atoms with Crippen molar-refractivity contribution in [1.82, 2.24) is 14.4 Å². The Morgan fingerprint density at radius 1 is 1.11 bits per heavy atom. The van der Waals surface area contributed by atoms with Crippen LogP contribution in [0.5, 0.6) is 0 Å². The number of aryl methyl sites for hydroxylation is 2. The van der Waals surface area contributed by atoms with Crippen molar-refractivity contribution in [3.05, 3.63) is 46.6 Å². The van der Waals surface area contributed by atoms with E-state index in [9.17, 15) is 26.4 Å². The number of piperazine rings is 1. The Hall–Kier alpha value is -2.40. The first-order valence-electron chi connectivity index (χ1n) is 8.46. The largest absolute Gasteiger partial charge is 0.361 e. The summed E-state index contributed by atoms with van der Waals surface area (Å²) in [5, 5.41) is 3.79. The van der Waals surface area contributed by atoms with E-state index in [1.54, 1.807) is 13.8 Å². The Balaban J connectivity index is 1.69. The van der Waals surface area contributed by atoms with E-state index in [2.05, 4.69) is 5.16 Å². The zero-order valence-corrected chi connectivity index (χ0v) is 16.0. The van der Waals surface area contributed by atoms with Crippen molar-refractivity contribution in [1.29, 1.82) is 0 Å². The van der Waals surface area contributed by atoms with Crippen LogP contribution in [0.3, 0.4) is 0 Å². The highest BCUT2D eigenvalue weighted by molar-refractivity contribution is 7.89. The molecule has 28 heavy (non-hydrogen) atoms. The molecule has 1 aliphatic rings. The van der Waals surface area contributed by atoms with E-state index in [0.29, 0.717) is 29.2 Å². The lowest BCUT2D eigenvalue weighted by Gasteiger charge is -2.34. The first-order chi connectivity index (χ1) is 13.1. The zero-order valence-electron chi connectivity index (χ0n) is 15.2. The molecule has 11 heteroatoms. The van der Waals surface area contributed by atoms with Gasteiger partial charge < -0.3 is 9.42 Å². The second-order valence-corrected chi connectivity index (χ2v) is 8.34. The minimum Gasteiger partial charge on any atom is -0.361 e. The van der Waals surface area contributed by atoms with Gasteiger partial charge in [-0.1, -0.05) is 5.16 Å². The lowest BCUT2D eigenvalue weighted by Crippen LogP contribution is -2.51. The van der Waals surface area contributed by atoms with Crippen LogP contribution in [0, 0.1) is 31.3 Å². The van der Waals surface area contributed by atoms with Crippen LogP contribution in [0.1, 0.15) is 17.0 Å². The molecule has 1 aromatic heterocycles. The number of hydrogen-bond acceptors (Lipinski definition) is 5. The molecule has 0 radical (unpaired) electrons. The van der Waals surface area contributed by atoms with Gasteiger partial charge in [0.15, 0.2) is 17.5 Å². The summed E-state index contributed by atoms with van der Waals surface area (Å²) in [4.78, 5) is 13.0. The molecule has 0 unspecified atom stereocenters. The third-order valence-electron chi connectivity index (χ3n) is 4.72. The topological polar surface area (TPSA) is 83.7 Å². The van der Waals surface area contributed by atoms with E-state index < -0.39 is 32.4 Å². The molecule has 152 valence electrons. The van der Waals surface area contributed by atoms with E-state index in [1.807, 2.05) is 0 Å². The Labute approximate surface area is 159 Å². The van der Waals surface area contributed by atoms with Crippen molar-refractivity contribution < 1.29 is 30.9 Å². The van der Waals surface area contributed by atoms with Crippen LogP contribution in [0.25, 0.3) is 0 Å². The maximum absolute atomic E-state index is 13.9. The lowest BCUT2D eigenvalue weighted by atomic mass is 10.1. The van der Waals surface area contributed by atoms with Crippen LogP contribution in [0.4, 0.5) is 13.2 Å². The summed E-state index contributed by atoms with van der Waals surface area (Å²) >= 11 is 0. The van der Waals surface area contributed by atoms with Gasteiger partial charge in [-0.2, -0.15) is 4.31 Å². The average Bonchev–Trinajstić information content (AvgIpc) is 2.98. The quantitative estimate of drug-likeness (QED) is 0.709. The molecule has 7 nitrogen and oxygen atoms in total. The van der Waals surface area contributed by atoms with Crippen LogP contribution in [-0.4, -0.2) is 54.9 Å². The smallest absolute Gasteiger partial charge is 0.246 e. The van der Waals surface area contributed by atoms with Crippen molar-refractivity contribution in [2.24, 2.45) is 0 Å². The van der Waals surface area contributed by atoms with Crippen molar-refractivity contribution in [3.63, 3.8) is 0 Å². The molecule has 3 rings (SSSR count). The summed E-state index contributed by atoms with van der Waals surface area (Å²) in [5.74, 6) is -4.73. The number of amides is 1. The molecule has 1 aliphatic heterocycles. The van der Waals surface area contributed by atoms with Crippen molar-refractivity contribution in [3.8, 4) is 0 Å². The van der Waals surface area contributed by atoms with Gasteiger partial charge in [-0.05, 0) is 26.0 Å². The molecule has 2 heterocycles. The number of benzene rings is 1. The predicted molar refractivity (Wildman–Crippen MR) is 91.3 cm³/mol. The third-order valence-corrected chi connectivity index (χ3v) is 6.63. The Kier molecular flexibility index (Phi) is 5.48. The minimum atomic E-state index is -4.36. The predicted octanol–water partition coefficient (Wildman–Crippen LogP) is 1.78. The second-order valence-electron chi connectivity index (χ2n) is 6.44. The fraction of sp³-hybridized carbons (Fsp3) is 0.412.